The normalized spacial score (nSPS) is 11.2. The third-order valence-electron chi connectivity index (χ3n) is 2.51. The molecule has 0 heterocycles. The van der Waals surface area contributed by atoms with Crippen LogP contribution in [0.5, 0.6) is 0 Å². The maximum Gasteiger partial charge on any atom is 0.243 e. The minimum Gasteiger partial charge on any atom is -0.347 e. The predicted molar refractivity (Wildman–Crippen MR) is 78.4 cm³/mol. The molecule has 0 aliphatic heterocycles. The standard InChI is InChI=1S/C13H18FN3O2.ClH/c1-9(7-15-2)13(19)16-8-12(18)17-11-5-3-10(14)4-6-11;/h3-6,9,15H,7-8H2,1-2H3,(H,16,19)(H,17,18);1H. The molecule has 3 N–H and O–H groups in total. The van der Waals surface area contributed by atoms with Gasteiger partial charge in [-0.15, -0.1) is 12.4 Å². The quantitative estimate of drug-likeness (QED) is 0.738. The van der Waals surface area contributed by atoms with Crippen LogP contribution in [0, 0.1) is 11.7 Å². The van der Waals surface area contributed by atoms with E-state index < -0.39 is 0 Å². The molecule has 0 aromatic heterocycles. The van der Waals surface area contributed by atoms with Crippen molar-refractivity contribution in [1.82, 2.24) is 10.6 Å². The molecule has 0 saturated carbocycles. The average molecular weight is 304 g/mol. The van der Waals surface area contributed by atoms with Gasteiger partial charge in [0.05, 0.1) is 6.54 Å². The Morgan fingerprint density at radius 1 is 1.25 bits per heavy atom. The zero-order valence-electron chi connectivity index (χ0n) is 11.4. The summed E-state index contributed by atoms with van der Waals surface area (Å²) < 4.78 is 12.7. The Balaban J connectivity index is 0.00000361. The molecule has 0 radical (unpaired) electrons. The predicted octanol–water partition coefficient (Wildman–Crippen LogP) is 1.16. The van der Waals surface area contributed by atoms with Gasteiger partial charge in [0.1, 0.15) is 5.82 Å². The number of anilines is 1. The number of hydrogen-bond donors (Lipinski definition) is 3. The largest absolute Gasteiger partial charge is 0.347 e. The number of carbonyl (C=O) groups is 2. The van der Waals surface area contributed by atoms with Gasteiger partial charge in [-0.1, -0.05) is 6.92 Å². The lowest BCUT2D eigenvalue weighted by atomic mass is 10.1. The Morgan fingerprint density at radius 3 is 2.40 bits per heavy atom. The first kappa shape index (κ1) is 18.3. The molecule has 2 amide bonds. The van der Waals surface area contributed by atoms with Crippen molar-refractivity contribution in [2.24, 2.45) is 5.92 Å². The zero-order valence-corrected chi connectivity index (χ0v) is 12.2. The molecule has 20 heavy (non-hydrogen) atoms. The van der Waals surface area contributed by atoms with Crippen molar-refractivity contribution in [1.29, 1.82) is 0 Å². The number of halogens is 2. The zero-order chi connectivity index (χ0) is 14.3. The van der Waals surface area contributed by atoms with E-state index in [1.165, 1.54) is 24.3 Å². The van der Waals surface area contributed by atoms with E-state index in [0.717, 1.165) is 0 Å². The van der Waals surface area contributed by atoms with E-state index in [4.69, 9.17) is 0 Å². The van der Waals surface area contributed by atoms with E-state index >= 15 is 0 Å². The number of carbonyl (C=O) groups excluding carboxylic acids is 2. The van der Waals surface area contributed by atoms with E-state index in [1.807, 2.05) is 0 Å². The molecule has 1 atom stereocenters. The lowest BCUT2D eigenvalue weighted by Gasteiger charge is -2.11. The molecule has 0 saturated heterocycles. The average Bonchev–Trinajstić information content (AvgIpc) is 2.39. The van der Waals surface area contributed by atoms with Gasteiger partial charge in [-0.3, -0.25) is 9.59 Å². The van der Waals surface area contributed by atoms with Gasteiger partial charge in [-0.25, -0.2) is 4.39 Å². The van der Waals surface area contributed by atoms with Crippen molar-refractivity contribution >= 4 is 29.9 Å². The first-order valence-electron chi connectivity index (χ1n) is 6.00. The Morgan fingerprint density at radius 2 is 1.85 bits per heavy atom. The number of rotatable bonds is 6. The van der Waals surface area contributed by atoms with E-state index in [1.54, 1.807) is 14.0 Å². The Labute approximate surface area is 123 Å². The summed E-state index contributed by atoms with van der Waals surface area (Å²) in [5.74, 6) is -1.11. The molecule has 1 aromatic rings. The second kappa shape index (κ2) is 9.28. The molecular weight excluding hydrogens is 285 g/mol. The van der Waals surface area contributed by atoms with E-state index in [2.05, 4.69) is 16.0 Å². The second-order valence-electron chi connectivity index (χ2n) is 4.23. The molecule has 0 bridgehead atoms. The molecular formula is C13H19ClFN3O2. The van der Waals surface area contributed by atoms with Crippen LogP contribution in [0.3, 0.4) is 0 Å². The van der Waals surface area contributed by atoms with E-state index in [0.29, 0.717) is 12.2 Å². The fraction of sp³-hybridized carbons (Fsp3) is 0.385. The SMILES string of the molecule is CNCC(C)C(=O)NCC(=O)Nc1ccc(F)cc1.Cl. The molecule has 112 valence electrons. The molecule has 1 unspecified atom stereocenters. The number of amides is 2. The summed E-state index contributed by atoms with van der Waals surface area (Å²) in [5, 5.41) is 7.98. The highest BCUT2D eigenvalue weighted by molar-refractivity contribution is 5.94. The summed E-state index contributed by atoms with van der Waals surface area (Å²) in [6.07, 6.45) is 0. The van der Waals surface area contributed by atoms with Gasteiger partial charge < -0.3 is 16.0 Å². The fourth-order valence-corrected chi connectivity index (χ4v) is 1.48. The third kappa shape index (κ3) is 6.49. The summed E-state index contributed by atoms with van der Waals surface area (Å²) in [6, 6.07) is 5.42. The minimum absolute atomic E-state index is 0. The maximum absolute atomic E-state index is 12.7. The highest BCUT2D eigenvalue weighted by Crippen LogP contribution is 2.07. The molecule has 0 fully saturated rings. The van der Waals surface area contributed by atoms with Crippen molar-refractivity contribution in [2.75, 3.05) is 25.5 Å². The van der Waals surface area contributed by atoms with Crippen LogP contribution < -0.4 is 16.0 Å². The van der Waals surface area contributed by atoms with Gasteiger partial charge in [0, 0.05) is 18.2 Å². The topological polar surface area (TPSA) is 70.2 Å². The van der Waals surface area contributed by atoms with Crippen LogP contribution in [0.25, 0.3) is 0 Å². The lowest BCUT2D eigenvalue weighted by molar-refractivity contribution is -0.126. The number of hydrogen-bond acceptors (Lipinski definition) is 3. The Bertz CT molecular complexity index is 440. The Kier molecular flexibility index (Phi) is 8.51. The number of nitrogens with one attached hydrogen (secondary N) is 3. The van der Waals surface area contributed by atoms with Crippen LogP contribution in [0.4, 0.5) is 10.1 Å². The summed E-state index contributed by atoms with van der Waals surface area (Å²) in [4.78, 5) is 23.1. The summed E-state index contributed by atoms with van der Waals surface area (Å²) in [6.45, 7) is 2.21. The van der Waals surface area contributed by atoms with Gasteiger partial charge in [0.2, 0.25) is 11.8 Å². The molecule has 1 aromatic carbocycles. The van der Waals surface area contributed by atoms with Crippen LogP contribution in [-0.4, -0.2) is 32.0 Å². The molecule has 0 spiro atoms. The van der Waals surface area contributed by atoms with Crippen LogP contribution in [0.2, 0.25) is 0 Å². The van der Waals surface area contributed by atoms with Gasteiger partial charge in [0.25, 0.3) is 0 Å². The fourth-order valence-electron chi connectivity index (χ4n) is 1.48. The van der Waals surface area contributed by atoms with Gasteiger partial charge in [0.15, 0.2) is 0 Å². The van der Waals surface area contributed by atoms with Crippen LogP contribution in [0.1, 0.15) is 6.92 Å². The first-order chi connectivity index (χ1) is 9.02. The van der Waals surface area contributed by atoms with Gasteiger partial charge >= 0.3 is 0 Å². The molecule has 5 nitrogen and oxygen atoms in total. The molecule has 7 heteroatoms. The van der Waals surface area contributed by atoms with Crippen LogP contribution >= 0.6 is 12.4 Å². The lowest BCUT2D eigenvalue weighted by Crippen LogP contribution is -2.38. The smallest absolute Gasteiger partial charge is 0.243 e. The summed E-state index contributed by atoms with van der Waals surface area (Å²) in [5.41, 5.74) is 0.490. The molecule has 0 aliphatic rings. The first-order valence-corrected chi connectivity index (χ1v) is 6.00. The van der Waals surface area contributed by atoms with Crippen molar-refractivity contribution in [3.8, 4) is 0 Å². The van der Waals surface area contributed by atoms with Crippen LogP contribution in [-0.2, 0) is 9.59 Å². The van der Waals surface area contributed by atoms with Gasteiger partial charge in [-0.2, -0.15) is 0 Å². The van der Waals surface area contributed by atoms with Crippen LogP contribution in [0.15, 0.2) is 24.3 Å². The summed E-state index contributed by atoms with van der Waals surface area (Å²) in [7, 11) is 1.75. The minimum atomic E-state index is -0.368. The van der Waals surface area contributed by atoms with Crippen molar-refractivity contribution in [3.63, 3.8) is 0 Å². The highest BCUT2D eigenvalue weighted by atomic mass is 35.5. The summed E-state index contributed by atoms with van der Waals surface area (Å²) >= 11 is 0. The molecule has 1 rings (SSSR count). The van der Waals surface area contributed by atoms with E-state index in [9.17, 15) is 14.0 Å². The molecule has 0 aliphatic carbocycles. The monoisotopic (exact) mass is 303 g/mol. The van der Waals surface area contributed by atoms with Crippen molar-refractivity contribution in [2.45, 2.75) is 6.92 Å². The highest BCUT2D eigenvalue weighted by Gasteiger charge is 2.12. The Hall–Kier alpha value is -1.66. The van der Waals surface area contributed by atoms with Gasteiger partial charge in [-0.05, 0) is 31.3 Å². The second-order valence-corrected chi connectivity index (χ2v) is 4.23. The van der Waals surface area contributed by atoms with Crippen molar-refractivity contribution < 1.29 is 14.0 Å². The third-order valence-corrected chi connectivity index (χ3v) is 2.51. The van der Waals surface area contributed by atoms with E-state index in [-0.39, 0.29) is 42.5 Å². The van der Waals surface area contributed by atoms with Crippen molar-refractivity contribution in [3.05, 3.63) is 30.1 Å². The number of benzene rings is 1. The maximum atomic E-state index is 12.7.